The molecule has 2 heterocycles. The highest BCUT2D eigenvalue weighted by Gasteiger charge is 2.29. The van der Waals surface area contributed by atoms with Gasteiger partial charge in [0.1, 0.15) is 5.69 Å². The number of rotatable bonds is 6. The van der Waals surface area contributed by atoms with Crippen molar-refractivity contribution in [2.24, 2.45) is 0 Å². The summed E-state index contributed by atoms with van der Waals surface area (Å²) in [6.07, 6.45) is 0.545. The number of hydrogen-bond acceptors (Lipinski definition) is 7. The Bertz CT molecular complexity index is 1330. The molecule has 0 atom stereocenters. The van der Waals surface area contributed by atoms with Crippen LogP contribution in [0.4, 0.5) is 11.4 Å². The first-order valence-electron chi connectivity index (χ1n) is 10.3. The van der Waals surface area contributed by atoms with Crippen molar-refractivity contribution >= 4 is 32.2 Å². The number of hydrogen-bond donors (Lipinski definition) is 1. The zero-order valence-corrected chi connectivity index (χ0v) is 18.3. The van der Waals surface area contributed by atoms with Crippen LogP contribution in [0.2, 0.25) is 0 Å². The molecule has 10 nitrogen and oxygen atoms in total. The van der Waals surface area contributed by atoms with Gasteiger partial charge in [0, 0.05) is 43.2 Å². The molecule has 0 bridgehead atoms. The standard InChI is InChI=1S/C21H23N5O5S/c1-2-13-32(30,31)25-11-9-24(10-12-25)18-8-7-15(14-19(18)26(28)29)20-16-5-3-4-6-17(16)21(27)23-22-20/h3-8,14H,2,9-13H2,1H3,(H,23,27). The fourth-order valence-electron chi connectivity index (χ4n) is 4.01. The van der Waals surface area contributed by atoms with Gasteiger partial charge in [-0.3, -0.25) is 14.9 Å². The van der Waals surface area contributed by atoms with Gasteiger partial charge in [0.25, 0.3) is 11.2 Å². The number of aromatic amines is 1. The molecule has 0 aliphatic carbocycles. The van der Waals surface area contributed by atoms with Gasteiger partial charge in [-0.25, -0.2) is 13.5 Å². The van der Waals surface area contributed by atoms with E-state index in [2.05, 4.69) is 10.2 Å². The fraction of sp³-hybridized carbons (Fsp3) is 0.333. The minimum Gasteiger partial charge on any atom is -0.363 e. The summed E-state index contributed by atoms with van der Waals surface area (Å²) in [7, 11) is -3.30. The third kappa shape index (κ3) is 4.08. The van der Waals surface area contributed by atoms with Gasteiger partial charge in [0.05, 0.1) is 21.8 Å². The van der Waals surface area contributed by atoms with Crippen LogP contribution in [0.15, 0.2) is 47.3 Å². The van der Waals surface area contributed by atoms with Crippen molar-refractivity contribution in [2.45, 2.75) is 13.3 Å². The van der Waals surface area contributed by atoms with Crippen LogP contribution >= 0.6 is 0 Å². The van der Waals surface area contributed by atoms with Gasteiger partial charge >= 0.3 is 0 Å². The fourth-order valence-corrected chi connectivity index (χ4v) is 5.51. The molecule has 0 radical (unpaired) electrons. The van der Waals surface area contributed by atoms with E-state index in [1.165, 1.54) is 10.4 Å². The molecular weight excluding hydrogens is 434 g/mol. The molecule has 168 valence electrons. The summed E-state index contributed by atoms with van der Waals surface area (Å²) in [5.74, 6) is 0.0992. The number of nitrogens with one attached hydrogen (secondary N) is 1. The van der Waals surface area contributed by atoms with Crippen molar-refractivity contribution in [1.29, 1.82) is 0 Å². The van der Waals surface area contributed by atoms with E-state index < -0.39 is 14.9 Å². The predicted octanol–water partition coefficient (Wildman–Crippen LogP) is 2.36. The summed E-state index contributed by atoms with van der Waals surface area (Å²) >= 11 is 0. The lowest BCUT2D eigenvalue weighted by Crippen LogP contribution is -2.49. The maximum atomic E-state index is 12.3. The van der Waals surface area contributed by atoms with Crippen molar-refractivity contribution in [3.63, 3.8) is 0 Å². The molecular formula is C21H23N5O5S. The molecule has 1 aliphatic heterocycles. The Kier molecular flexibility index (Phi) is 5.94. The molecule has 1 saturated heterocycles. The number of fused-ring (bicyclic) bond motifs is 1. The number of nitro groups is 1. The maximum Gasteiger partial charge on any atom is 0.293 e. The smallest absolute Gasteiger partial charge is 0.293 e. The molecule has 32 heavy (non-hydrogen) atoms. The Balaban J connectivity index is 1.67. The van der Waals surface area contributed by atoms with Crippen molar-refractivity contribution < 1.29 is 13.3 Å². The van der Waals surface area contributed by atoms with E-state index in [0.29, 0.717) is 47.2 Å². The third-order valence-electron chi connectivity index (χ3n) is 5.58. The molecule has 0 saturated carbocycles. The van der Waals surface area contributed by atoms with E-state index in [1.54, 1.807) is 36.4 Å². The topological polar surface area (TPSA) is 130 Å². The predicted molar refractivity (Wildman–Crippen MR) is 122 cm³/mol. The van der Waals surface area contributed by atoms with Gasteiger partial charge in [-0.15, -0.1) is 0 Å². The number of nitrogens with zero attached hydrogens (tertiary/aromatic N) is 4. The molecule has 11 heteroatoms. The van der Waals surface area contributed by atoms with Crippen molar-refractivity contribution in [1.82, 2.24) is 14.5 Å². The van der Waals surface area contributed by atoms with Crippen LogP contribution in [0.3, 0.4) is 0 Å². The number of H-pyrrole nitrogens is 1. The minimum atomic E-state index is -3.30. The lowest BCUT2D eigenvalue weighted by atomic mass is 10.0. The number of sulfonamides is 1. The molecule has 2 aromatic carbocycles. The molecule has 0 unspecified atom stereocenters. The number of anilines is 1. The Labute approximate surface area is 184 Å². The Morgan fingerprint density at radius 1 is 1.09 bits per heavy atom. The quantitative estimate of drug-likeness (QED) is 0.444. The maximum absolute atomic E-state index is 12.3. The number of aromatic nitrogens is 2. The summed E-state index contributed by atoms with van der Waals surface area (Å²) in [5, 5.41) is 19.5. The molecule has 0 spiro atoms. The average Bonchev–Trinajstić information content (AvgIpc) is 2.79. The second-order valence-electron chi connectivity index (χ2n) is 7.61. The first-order valence-corrected chi connectivity index (χ1v) is 11.9. The van der Waals surface area contributed by atoms with Crippen molar-refractivity contribution in [3.05, 3.63) is 62.9 Å². The summed E-state index contributed by atoms with van der Waals surface area (Å²) in [4.78, 5) is 25.3. The van der Waals surface area contributed by atoms with Crippen LogP contribution in [0.25, 0.3) is 22.0 Å². The van der Waals surface area contributed by atoms with Crippen LogP contribution in [0.1, 0.15) is 13.3 Å². The zero-order valence-electron chi connectivity index (χ0n) is 17.5. The zero-order chi connectivity index (χ0) is 22.9. The summed E-state index contributed by atoms with van der Waals surface area (Å²) in [6, 6.07) is 11.8. The van der Waals surface area contributed by atoms with Gasteiger partial charge in [-0.05, 0) is 18.6 Å². The summed E-state index contributed by atoms with van der Waals surface area (Å²) in [6.45, 7) is 3.12. The molecule has 1 aliphatic rings. The van der Waals surface area contributed by atoms with Gasteiger partial charge in [0.15, 0.2) is 0 Å². The SMILES string of the molecule is CCCS(=O)(=O)N1CCN(c2ccc(-c3n[nH]c(=O)c4ccccc34)cc2[N+](=O)[O-])CC1. The highest BCUT2D eigenvalue weighted by molar-refractivity contribution is 7.89. The molecule has 1 N–H and O–H groups in total. The van der Waals surface area contributed by atoms with Gasteiger partial charge < -0.3 is 4.90 Å². The average molecular weight is 458 g/mol. The van der Waals surface area contributed by atoms with Gasteiger partial charge in [-0.2, -0.15) is 9.40 Å². The molecule has 3 aromatic rings. The van der Waals surface area contributed by atoms with E-state index in [9.17, 15) is 23.3 Å². The van der Waals surface area contributed by atoms with Crippen LogP contribution in [0.5, 0.6) is 0 Å². The Morgan fingerprint density at radius 3 is 2.44 bits per heavy atom. The first-order chi connectivity index (χ1) is 15.3. The van der Waals surface area contributed by atoms with Crippen LogP contribution < -0.4 is 10.5 Å². The van der Waals surface area contributed by atoms with E-state index in [4.69, 9.17) is 0 Å². The minimum absolute atomic E-state index is 0.0931. The van der Waals surface area contributed by atoms with Crippen LogP contribution in [-0.2, 0) is 10.0 Å². The molecule has 4 rings (SSSR count). The van der Waals surface area contributed by atoms with E-state index in [0.717, 1.165) is 0 Å². The molecule has 0 amide bonds. The Morgan fingerprint density at radius 2 is 1.78 bits per heavy atom. The van der Waals surface area contributed by atoms with E-state index in [1.807, 2.05) is 11.8 Å². The number of benzene rings is 2. The number of piperazine rings is 1. The monoisotopic (exact) mass is 457 g/mol. The van der Waals surface area contributed by atoms with Crippen LogP contribution in [0, 0.1) is 10.1 Å². The van der Waals surface area contributed by atoms with E-state index >= 15 is 0 Å². The normalized spacial score (nSPS) is 15.2. The van der Waals surface area contributed by atoms with E-state index in [-0.39, 0.29) is 30.1 Å². The molecule has 1 fully saturated rings. The molecule has 1 aromatic heterocycles. The highest BCUT2D eigenvalue weighted by atomic mass is 32.2. The summed E-state index contributed by atoms with van der Waals surface area (Å²) in [5.41, 5.74) is 0.971. The summed E-state index contributed by atoms with van der Waals surface area (Å²) < 4.78 is 26.1. The van der Waals surface area contributed by atoms with Gasteiger partial charge in [0.2, 0.25) is 10.0 Å². The lowest BCUT2D eigenvalue weighted by Gasteiger charge is -2.35. The van der Waals surface area contributed by atoms with Gasteiger partial charge in [-0.1, -0.05) is 31.2 Å². The first kappa shape index (κ1) is 21.9. The Hall–Kier alpha value is -3.31. The second kappa shape index (κ2) is 8.67. The largest absolute Gasteiger partial charge is 0.363 e. The lowest BCUT2D eigenvalue weighted by molar-refractivity contribution is -0.384. The number of nitro benzene ring substituents is 1. The van der Waals surface area contributed by atoms with Crippen molar-refractivity contribution in [2.75, 3.05) is 36.8 Å². The van der Waals surface area contributed by atoms with Crippen molar-refractivity contribution in [3.8, 4) is 11.3 Å². The third-order valence-corrected chi connectivity index (χ3v) is 7.65. The second-order valence-corrected chi connectivity index (χ2v) is 9.70. The highest BCUT2D eigenvalue weighted by Crippen LogP contribution is 2.35. The van der Waals surface area contributed by atoms with Crippen LogP contribution in [-0.4, -0.2) is 59.8 Å².